The highest BCUT2D eigenvalue weighted by molar-refractivity contribution is 6.30. The number of nitrogens with zero attached hydrogens (tertiary/aromatic N) is 1. The smallest absolute Gasteiger partial charge is 0.132 e. The SMILES string of the molecule is Cc1c(CN)ccnc1Cl. The van der Waals surface area contributed by atoms with Crippen LogP contribution in [0.5, 0.6) is 0 Å². The molecule has 0 aliphatic heterocycles. The predicted molar refractivity (Wildman–Crippen MR) is 41.9 cm³/mol. The van der Waals surface area contributed by atoms with E-state index in [9.17, 15) is 0 Å². The Morgan fingerprint density at radius 1 is 1.70 bits per heavy atom. The molecule has 2 N–H and O–H groups in total. The van der Waals surface area contributed by atoms with Crippen LogP contribution >= 0.6 is 11.6 Å². The molecule has 0 fully saturated rings. The molecule has 0 radical (unpaired) electrons. The second kappa shape index (κ2) is 2.99. The molecule has 3 heteroatoms. The average Bonchev–Trinajstić information content (AvgIpc) is 1.95. The zero-order valence-electron chi connectivity index (χ0n) is 5.76. The standard InChI is InChI=1S/C7H9ClN2/c1-5-6(4-9)2-3-10-7(5)8/h2-3H,4,9H2,1H3. The highest BCUT2D eigenvalue weighted by Gasteiger charge is 1.99. The van der Waals surface area contributed by atoms with Gasteiger partial charge >= 0.3 is 0 Å². The molecular formula is C7H9ClN2. The van der Waals surface area contributed by atoms with Gasteiger partial charge in [0.05, 0.1) is 0 Å². The van der Waals surface area contributed by atoms with E-state index in [0.29, 0.717) is 11.7 Å². The van der Waals surface area contributed by atoms with Crippen LogP contribution in [0.25, 0.3) is 0 Å². The van der Waals surface area contributed by atoms with E-state index < -0.39 is 0 Å². The molecule has 0 aromatic carbocycles. The molecule has 0 saturated carbocycles. The zero-order chi connectivity index (χ0) is 7.56. The van der Waals surface area contributed by atoms with Crippen LogP contribution in [0.4, 0.5) is 0 Å². The summed E-state index contributed by atoms with van der Waals surface area (Å²) in [6, 6.07) is 1.88. The first-order valence-electron chi connectivity index (χ1n) is 3.05. The summed E-state index contributed by atoms with van der Waals surface area (Å²) in [4.78, 5) is 3.90. The number of aromatic nitrogens is 1. The molecule has 0 bridgehead atoms. The van der Waals surface area contributed by atoms with Crippen LogP contribution < -0.4 is 5.73 Å². The van der Waals surface area contributed by atoms with E-state index in [1.54, 1.807) is 6.20 Å². The van der Waals surface area contributed by atoms with E-state index in [2.05, 4.69) is 4.98 Å². The van der Waals surface area contributed by atoms with Gasteiger partial charge in [0.25, 0.3) is 0 Å². The highest BCUT2D eigenvalue weighted by Crippen LogP contribution is 2.14. The first-order valence-corrected chi connectivity index (χ1v) is 3.43. The summed E-state index contributed by atoms with van der Waals surface area (Å²) in [6.45, 7) is 2.44. The Morgan fingerprint density at radius 3 is 2.90 bits per heavy atom. The van der Waals surface area contributed by atoms with Crippen LogP contribution in [0.2, 0.25) is 5.15 Å². The third-order valence-electron chi connectivity index (χ3n) is 1.47. The first-order chi connectivity index (χ1) is 4.75. The molecule has 0 unspecified atom stereocenters. The molecule has 10 heavy (non-hydrogen) atoms. The van der Waals surface area contributed by atoms with Crippen molar-refractivity contribution < 1.29 is 0 Å². The van der Waals surface area contributed by atoms with Crippen molar-refractivity contribution in [3.8, 4) is 0 Å². The predicted octanol–water partition coefficient (Wildman–Crippen LogP) is 1.50. The maximum absolute atomic E-state index is 5.73. The maximum Gasteiger partial charge on any atom is 0.132 e. The normalized spacial score (nSPS) is 9.90. The van der Waals surface area contributed by atoms with Crippen LogP contribution in [-0.4, -0.2) is 4.98 Å². The van der Waals surface area contributed by atoms with E-state index in [-0.39, 0.29) is 0 Å². The Kier molecular flexibility index (Phi) is 2.25. The van der Waals surface area contributed by atoms with Crippen LogP contribution in [0, 0.1) is 6.92 Å². The van der Waals surface area contributed by atoms with Gasteiger partial charge in [-0.05, 0) is 24.1 Å². The molecule has 0 aliphatic carbocycles. The summed E-state index contributed by atoms with van der Waals surface area (Å²) < 4.78 is 0. The molecule has 0 spiro atoms. The minimum atomic E-state index is 0.522. The fourth-order valence-electron chi connectivity index (χ4n) is 0.768. The lowest BCUT2D eigenvalue weighted by atomic mass is 10.2. The van der Waals surface area contributed by atoms with Gasteiger partial charge in [0, 0.05) is 12.7 Å². The van der Waals surface area contributed by atoms with Crippen molar-refractivity contribution in [3.05, 3.63) is 28.5 Å². The number of halogens is 1. The Hall–Kier alpha value is -0.600. The lowest BCUT2D eigenvalue weighted by Gasteiger charge is -2.01. The lowest BCUT2D eigenvalue weighted by molar-refractivity contribution is 1.03. The van der Waals surface area contributed by atoms with Crippen molar-refractivity contribution in [1.82, 2.24) is 4.98 Å². The summed E-state index contributed by atoms with van der Waals surface area (Å²) in [6.07, 6.45) is 1.66. The molecule has 2 nitrogen and oxygen atoms in total. The molecule has 1 aromatic rings. The molecule has 0 saturated heterocycles. The van der Waals surface area contributed by atoms with Crippen molar-refractivity contribution in [2.75, 3.05) is 0 Å². The minimum absolute atomic E-state index is 0.522. The zero-order valence-corrected chi connectivity index (χ0v) is 6.52. The van der Waals surface area contributed by atoms with Crippen LogP contribution in [0.3, 0.4) is 0 Å². The topological polar surface area (TPSA) is 38.9 Å². The van der Waals surface area contributed by atoms with Gasteiger partial charge in [-0.2, -0.15) is 0 Å². The lowest BCUT2D eigenvalue weighted by Crippen LogP contribution is -1.99. The van der Waals surface area contributed by atoms with Gasteiger partial charge < -0.3 is 5.73 Å². The quantitative estimate of drug-likeness (QED) is 0.626. The van der Waals surface area contributed by atoms with Gasteiger partial charge in [-0.1, -0.05) is 11.6 Å². The summed E-state index contributed by atoms with van der Waals surface area (Å²) in [7, 11) is 0. The number of hydrogen-bond acceptors (Lipinski definition) is 2. The summed E-state index contributed by atoms with van der Waals surface area (Å²) in [5, 5.41) is 0.544. The molecule has 54 valence electrons. The third kappa shape index (κ3) is 1.28. The Balaban J connectivity index is 3.14. The number of hydrogen-bond donors (Lipinski definition) is 1. The monoisotopic (exact) mass is 156 g/mol. The first kappa shape index (κ1) is 7.51. The number of pyridine rings is 1. The van der Waals surface area contributed by atoms with Crippen molar-refractivity contribution in [2.24, 2.45) is 5.73 Å². The fourth-order valence-corrected chi connectivity index (χ4v) is 0.946. The fraction of sp³-hybridized carbons (Fsp3) is 0.286. The largest absolute Gasteiger partial charge is 0.326 e. The van der Waals surface area contributed by atoms with Gasteiger partial charge in [0.2, 0.25) is 0 Å². The Morgan fingerprint density at radius 2 is 2.40 bits per heavy atom. The van der Waals surface area contributed by atoms with Gasteiger partial charge in [-0.15, -0.1) is 0 Å². The van der Waals surface area contributed by atoms with E-state index in [0.717, 1.165) is 11.1 Å². The molecule has 1 heterocycles. The molecule has 1 rings (SSSR count). The second-order valence-electron chi connectivity index (χ2n) is 2.09. The molecule has 0 amide bonds. The van der Waals surface area contributed by atoms with Gasteiger partial charge in [0.15, 0.2) is 0 Å². The van der Waals surface area contributed by atoms with Crippen LogP contribution in [0.1, 0.15) is 11.1 Å². The molecule has 0 aliphatic rings. The van der Waals surface area contributed by atoms with Gasteiger partial charge in [-0.25, -0.2) is 4.98 Å². The van der Waals surface area contributed by atoms with Crippen molar-refractivity contribution in [1.29, 1.82) is 0 Å². The third-order valence-corrected chi connectivity index (χ3v) is 1.86. The van der Waals surface area contributed by atoms with Gasteiger partial charge in [0.1, 0.15) is 5.15 Å². The van der Waals surface area contributed by atoms with Gasteiger partial charge in [-0.3, -0.25) is 0 Å². The molecule has 0 atom stereocenters. The van der Waals surface area contributed by atoms with Crippen LogP contribution in [-0.2, 0) is 6.54 Å². The van der Waals surface area contributed by atoms with Crippen molar-refractivity contribution in [3.63, 3.8) is 0 Å². The van der Waals surface area contributed by atoms with Crippen LogP contribution in [0.15, 0.2) is 12.3 Å². The minimum Gasteiger partial charge on any atom is -0.326 e. The summed E-state index contributed by atoms with van der Waals surface area (Å²) in [5.74, 6) is 0. The Bertz CT molecular complexity index is 235. The highest BCUT2D eigenvalue weighted by atomic mass is 35.5. The van der Waals surface area contributed by atoms with E-state index in [1.807, 2.05) is 13.0 Å². The van der Waals surface area contributed by atoms with E-state index in [1.165, 1.54) is 0 Å². The van der Waals surface area contributed by atoms with Crippen molar-refractivity contribution in [2.45, 2.75) is 13.5 Å². The second-order valence-corrected chi connectivity index (χ2v) is 2.45. The summed E-state index contributed by atoms with van der Waals surface area (Å²) >= 11 is 5.73. The Labute approximate surface area is 65.0 Å². The molecule has 1 aromatic heterocycles. The maximum atomic E-state index is 5.73. The molecular weight excluding hydrogens is 148 g/mol. The number of rotatable bonds is 1. The summed E-state index contributed by atoms with van der Waals surface area (Å²) in [5.41, 5.74) is 7.47. The van der Waals surface area contributed by atoms with E-state index >= 15 is 0 Å². The number of nitrogens with two attached hydrogens (primary N) is 1. The average molecular weight is 157 g/mol. The van der Waals surface area contributed by atoms with E-state index in [4.69, 9.17) is 17.3 Å². The van der Waals surface area contributed by atoms with Crippen molar-refractivity contribution >= 4 is 11.6 Å².